The smallest absolute Gasteiger partial charge is 0.220 e. The zero-order chi connectivity index (χ0) is 50.1. The molecular formula is C60H115NO8. The number of rotatable bonds is 52. The third-order valence-electron chi connectivity index (χ3n) is 14.5. The molecule has 0 saturated carbocycles. The topological polar surface area (TPSA) is 149 Å². The van der Waals surface area contributed by atoms with Crippen molar-refractivity contribution in [3.05, 3.63) is 24.3 Å². The minimum absolute atomic E-state index is 0.172. The lowest BCUT2D eigenvalue weighted by Crippen LogP contribution is -2.60. The Bertz CT molecular complexity index is 1130. The Hall–Kier alpha value is -1.33. The summed E-state index contributed by atoms with van der Waals surface area (Å²) in [6, 6.07) is -0.802. The van der Waals surface area contributed by atoms with Gasteiger partial charge in [-0.3, -0.25) is 4.79 Å². The van der Waals surface area contributed by atoms with Crippen molar-refractivity contribution in [2.75, 3.05) is 13.2 Å². The van der Waals surface area contributed by atoms with Crippen LogP contribution in [0, 0.1) is 0 Å². The van der Waals surface area contributed by atoms with E-state index in [-0.39, 0.29) is 12.5 Å². The average molecular weight is 979 g/mol. The molecule has 0 aliphatic carbocycles. The minimum atomic E-state index is -1.56. The van der Waals surface area contributed by atoms with Gasteiger partial charge < -0.3 is 40.3 Å². The van der Waals surface area contributed by atoms with Crippen LogP contribution in [0.15, 0.2) is 24.3 Å². The number of aliphatic hydroxyl groups excluding tert-OH is 5. The number of amides is 1. The first kappa shape index (κ1) is 65.7. The van der Waals surface area contributed by atoms with Gasteiger partial charge in [0.2, 0.25) is 5.91 Å². The van der Waals surface area contributed by atoms with Gasteiger partial charge in [0, 0.05) is 6.42 Å². The molecule has 9 heteroatoms. The quantitative estimate of drug-likeness (QED) is 0.0261. The molecule has 69 heavy (non-hydrogen) atoms. The largest absolute Gasteiger partial charge is 0.394 e. The maximum Gasteiger partial charge on any atom is 0.220 e. The highest BCUT2D eigenvalue weighted by Gasteiger charge is 2.44. The summed E-state index contributed by atoms with van der Waals surface area (Å²) in [5.41, 5.74) is 0. The highest BCUT2D eigenvalue weighted by Crippen LogP contribution is 2.23. The van der Waals surface area contributed by atoms with E-state index >= 15 is 0 Å². The van der Waals surface area contributed by atoms with E-state index in [1.165, 1.54) is 238 Å². The highest BCUT2D eigenvalue weighted by molar-refractivity contribution is 5.76. The lowest BCUT2D eigenvalue weighted by Gasteiger charge is -2.40. The van der Waals surface area contributed by atoms with E-state index in [1.54, 1.807) is 6.08 Å². The van der Waals surface area contributed by atoms with Crippen LogP contribution in [0.1, 0.15) is 296 Å². The fourth-order valence-corrected chi connectivity index (χ4v) is 9.74. The zero-order valence-electron chi connectivity index (χ0n) is 45.3. The number of allylic oxidation sites excluding steroid dienone is 3. The van der Waals surface area contributed by atoms with Crippen molar-refractivity contribution >= 4 is 5.91 Å². The second-order valence-corrected chi connectivity index (χ2v) is 21.1. The fourth-order valence-electron chi connectivity index (χ4n) is 9.74. The van der Waals surface area contributed by atoms with E-state index < -0.39 is 49.5 Å². The van der Waals surface area contributed by atoms with E-state index in [1.807, 2.05) is 6.08 Å². The Labute approximate surface area is 426 Å². The van der Waals surface area contributed by atoms with Gasteiger partial charge in [-0.1, -0.05) is 269 Å². The molecule has 0 radical (unpaired) electrons. The number of unbranched alkanes of at least 4 members (excludes halogenated alkanes) is 40. The summed E-state index contributed by atoms with van der Waals surface area (Å²) < 4.78 is 11.3. The number of hydrogen-bond acceptors (Lipinski definition) is 8. The van der Waals surface area contributed by atoms with E-state index in [0.29, 0.717) is 6.42 Å². The molecule has 1 amide bonds. The zero-order valence-corrected chi connectivity index (χ0v) is 45.3. The molecule has 1 rings (SSSR count). The summed E-state index contributed by atoms with van der Waals surface area (Å²) in [6.07, 6.45) is 56.9. The molecule has 0 aromatic rings. The molecule has 7 atom stereocenters. The first-order valence-corrected chi connectivity index (χ1v) is 30.1. The molecule has 408 valence electrons. The number of carbonyl (C=O) groups is 1. The molecule has 1 heterocycles. The molecule has 1 aliphatic rings. The molecule has 9 nitrogen and oxygen atoms in total. The van der Waals surface area contributed by atoms with Gasteiger partial charge in [-0.2, -0.15) is 0 Å². The molecule has 0 aromatic heterocycles. The maximum absolute atomic E-state index is 13.1. The molecule has 1 aliphatic heterocycles. The van der Waals surface area contributed by atoms with Gasteiger partial charge >= 0.3 is 0 Å². The predicted octanol–water partition coefficient (Wildman–Crippen LogP) is 15.0. The van der Waals surface area contributed by atoms with E-state index in [0.717, 1.165) is 38.5 Å². The second-order valence-electron chi connectivity index (χ2n) is 21.1. The molecule has 6 N–H and O–H groups in total. The summed E-state index contributed by atoms with van der Waals surface area (Å²) in [4.78, 5) is 13.1. The number of ether oxygens (including phenoxy) is 2. The summed E-state index contributed by atoms with van der Waals surface area (Å²) in [6.45, 7) is 3.81. The summed E-state index contributed by atoms with van der Waals surface area (Å²) >= 11 is 0. The van der Waals surface area contributed by atoms with Gasteiger partial charge in [0.05, 0.1) is 25.4 Å². The van der Waals surface area contributed by atoms with E-state index in [4.69, 9.17) is 9.47 Å². The first-order valence-electron chi connectivity index (χ1n) is 30.1. The third kappa shape index (κ3) is 39.8. The summed E-state index contributed by atoms with van der Waals surface area (Å²) in [7, 11) is 0. The molecule has 0 bridgehead atoms. The van der Waals surface area contributed by atoms with Crippen LogP contribution in [-0.2, 0) is 14.3 Å². The van der Waals surface area contributed by atoms with Crippen LogP contribution in [0.2, 0.25) is 0 Å². The van der Waals surface area contributed by atoms with Crippen molar-refractivity contribution in [2.45, 2.75) is 339 Å². The van der Waals surface area contributed by atoms with E-state index in [2.05, 4.69) is 31.3 Å². The molecule has 7 unspecified atom stereocenters. The van der Waals surface area contributed by atoms with Crippen LogP contribution in [0.3, 0.4) is 0 Å². The molecular weight excluding hydrogens is 863 g/mol. The SMILES string of the molecule is CCCCCCCCCCCCCC/C=C\CCCCCCCCCCCCCCCCCC(=O)NC(COC1OC(CO)C(O)C(O)C1O)C(O)/C=C/CCCCCCCCCCCCCCC. The van der Waals surface area contributed by atoms with Crippen LogP contribution in [0.5, 0.6) is 0 Å². The van der Waals surface area contributed by atoms with Gasteiger partial charge in [0.15, 0.2) is 6.29 Å². The number of carbonyl (C=O) groups excluding carboxylic acids is 1. The standard InChI is InChI=1S/C60H115NO8/c1-3-5-7-9-11-13-15-17-19-20-21-22-23-24-25-26-27-28-29-30-31-32-33-34-36-38-40-42-44-46-48-50-56(64)61-53(52-68-60-59(67)58(66)57(65)55(51-62)69-60)54(63)49-47-45-43-41-39-37-35-18-16-14-12-10-8-6-4-2/h24-25,47,49,53-55,57-60,62-63,65-67H,3-23,26-46,48,50-52H2,1-2H3,(H,61,64)/b25-24-,49-47+. The van der Waals surface area contributed by atoms with Crippen molar-refractivity contribution in [1.29, 1.82) is 0 Å². The minimum Gasteiger partial charge on any atom is -0.394 e. The maximum atomic E-state index is 13.1. The normalized spacial score (nSPS) is 19.6. The van der Waals surface area contributed by atoms with E-state index in [9.17, 15) is 30.3 Å². The van der Waals surface area contributed by atoms with Crippen LogP contribution in [-0.4, -0.2) is 87.5 Å². The van der Waals surface area contributed by atoms with Crippen LogP contribution < -0.4 is 5.32 Å². The lowest BCUT2D eigenvalue weighted by atomic mass is 9.99. The number of nitrogens with one attached hydrogen (secondary N) is 1. The number of hydrogen-bond donors (Lipinski definition) is 6. The monoisotopic (exact) mass is 978 g/mol. The molecule has 1 saturated heterocycles. The van der Waals surface area contributed by atoms with Gasteiger partial charge in [0.25, 0.3) is 0 Å². The highest BCUT2D eigenvalue weighted by atomic mass is 16.7. The Morgan fingerprint density at radius 2 is 0.812 bits per heavy atom. The van der Waals surface area contributed by atoms with Crippen LogP contribution in [0.4, 0.5) is 0 Å². The van der Waals surface area contributed by atoms with Gasteiger partial charge in [-0.25, -0.2) is 0 Å². The molecule has 0 aromatic carbocycles. The third-order valence-corrected chi connectivity index (χ3v) is 14.5. The summed E-state index contributed by atoms with van der Waals surface area (Å²) in [5.74, 6) is -0.172. The lowest BCUT2D eigenvalue weighted by molar-refractivity contribution is -0.302. The predicted molar refractivity (Wildman–Crippen MR) is 290 cm³/mol. The summed E-state index contributed by atoms with van der Waals surface area (Å²) in [5, 5.41) is 54.5. The average Bonchev–Trinajstić information content (AvgIpc) is 3.35. The fraction of sp³-hybridized carbons (Fsp3) is 0.917. The Kier molecular flexibility index (Phi) is 47.8. The van der Waals surface area contributed by atoms with Crippen molar-refractivity contribution in [1.82, 2.24) is 5.32 Å². The van der Waals surface area contributed by atoms with Gasteiger partial charge in [-0.15, -0.1) is 0 Å². The Balaban J connectivity index is 2.13. The van der Waals surface area contributed by atoms with Crippen molar-refractivity contribution in [3.63, 3.8) is 0 Å². The van der Waals surface area contributed by atoms with Crippen molar-refractivity contribution in [2.24, 2.45) is 0 Å². The Morgan fingerprint density at radius 3 is 1.17 bits per heavy atom. The first-order chi connectivity index (χ1) is 33.8. The van der Waals surface area contributed by atoms with Gasteiger partial charge in [0.1, 0.15) is 24.4 Å². The molecule has 0 spiro atoms. The van der Waals surface area contributed by atoms with Crippen molar-refractivity contribution in [3.8, 4) is 0 Å². The van der Waals surface area contributed by atoms with Gasteiger partial charge in [-0.05, 0) is 44.9 Å². The number of aliphatic hydroxyl groups is 5. The molecule has 1 fully saturated rings. The van der Waals surface area contributed by atoms with Crippen LogP contribution in [0.25, 0.3) is 0 Å². The second kappa shape index (κ2) is 50.2. The van der Waals surface area contributed by atoms with Crippen LogP contribution >= 0.6 is 0 Å². The Morgan fingerprint density at radius 1 is 0.478 bits per heavy atom. The van der Waals surface area contributed by atoms with Crippen molar-refractivity contribution < 1.29 is 39.8 Å².